The van der Waals surface area contributed by atoms with E-state index in [2.05, 4.69) is 10.9 Å². The average Bonchev–Trinajstić information content (AvgIpc) is 2.59. The first-order valence-corrected chi connectivity index (χ1v) is 7.49. The monoisotopic (exact) mass is 362 g/mol. The van der Waals surface area contributed by atoms with Crippen molar-refractivity contribution in [3.63, 3.8) is 0 Å². The summed E-state index contributed by atoms with van der Waals surface area (Å²) in [6, 6.07) is 10.0. The lowest BCUT2D eigenvalue weighted by atomic mass is 10.1. The van der Waals surface area contributed by atoms with E-state index in [-0.39, 0.29) is 11.3 Å². The molecule has 0 aliphatic heterocycles. The predicted molar refractivity (Wildman–Crippen MR) is 93.8 cm³/mol. The van der Waals surface area contributed by atoms with Crippen LogP contribution in [0.3, 0.4) is 0 Å². The van der Waals surface area contributed by atoms with E-state index in [0.717, 1.165) is 6.07 Å². The Labute approximate surface area is 148 Å². The molecule has 9 heteroatoms. The van der Waals surface area contributed by atoms with Crippen molar-refractivity contribution in [1.29, 1.82) is 0 Å². The average molecular weight is 363 g/mol. The minimum atomic E-state index is -0.672. The number of hydrazine groups is 1. The Bertz CT molecular complexity index is 821. The van der Waals surface area contributed by atoms with E-state index < -0.39 is 16.7 Å². The molecule has 0 aliphatic rings. The number of nitrogens with zero attached hydrogens (tertiary/aromatic N) is 2. The predicted octanol–water partition coefficient (Wildman–Crippen LogP) is 2.39. The van der Waals surface area contributed by atoms with Gasteiger partial charge in [-0.05, 0) is 30.3 Å². The van der Waals surface area contributed by atoms with Gasteiger partial charge in [0, 0.05) is 42.5 Å². The number of amides is 2. The highest BCUT2D eigenvalue weighted by Crippen LogP contribution is 2.24. The van der Waals surface area contributed by atoms with Crippen molar-refractivity contribution >= 4 is 34.8 Å². The second-order valence-electron chi connectivity index (χ2n) is 5.27. The summed E-state index contributed by atoms with van der Waals surface area (Å²) in [6.45, 7) is 0. The number of nitro groups is 1. The van der Waals surface area contributed by atoms with Gasteiger partial charge in [0.25, 0.3) is 17.5 Å². The molecule has 0 aliphatic carbocycles. The van der Waals surface area contributed by atoms with Crippen LogP contribution in [0.5, 0.6) is 0 Å². The molecule has 2 aromatic carbocycles. The van der Waals surface area contributed by atoms with E-state index in [1.807, 2.05) is 0 Å². The van der Waals surface area contributed by atoms with Crippen molar-refractivity contribution in [2.45, 2.75) is 0 Å². The number of nitrogens with one attached hydrogen (secondary N) is 2. The van der Waals surface area contributed by atoms with E-state index in [4.69, 9.17) is 11.6 Å². The first-order chi connectivity index (χ1) is 11.8. The summed E-state index contributed by atoms with van der Waals surface area (Å²) < 4.78 is 0. The summed E-state index contributed by atoms with van der Waals surface area (Å²) in [5, 5.41) is 11.4. The Kier molecular flexibility index (Phi) is 5.56. The first-order valence-electron chi connectivity index (χ1n) is 7.11. The Balaban J connectivity index is 2.16. The molecule has 0 saturated carbocycles. The van der Waals surface area contributed by atoms with Gasteiger partial charge in [0.15, 0.2) is 0 Å². The largest absolute Gasteiger partial charge is 0.377 e. The highest BCUT2D eigenvalue weighted by Gasteiger charge is 2.18. The number of nitro benzene ring substituents is 1. The number of benzene rings is 2. The lowest BCUT2D eigenvalue weighted by molar-refractivity contribution is -0.384. The Morgan fingerprint density at radius 2 is 1.64 bits per heavy atom. The topological polar surface area (TPSA) is 105 Å². The number of hydrogen-bond acceptors (Lipinski definition) is 5. The fraction of sp³-hybridized carbons (Fsp3) is 0.125. The standard InChI is InChI=1S/C16H15ClN4O4/c1-20(2)14-8-7-12(21(24)25)9-13(14)16(23)19-18-15(22)10-3-5-11(17)6-4-10/h3-9H,1-2H3,(H,18,22)(H,19,23). The van der Waals surface area contributed by atoms with Gasteiger partial charge >= 0.3 is 0 Å². The summed E-state index contributed by atoms with van der Waals surface area (Å²) in [6.07, 6.45) is 0. The molecule has 0 aromatic heterocycles. The third kappa shape index (κ3) is 4.45. The van der Waals surface area contributed by atoms with Crippen molar-refractivity contribution < 1.29 is 14.5 Å². The maximum absolute atomic E-state index is 12.3. The zero-order valence-electron chi connectivity index (χ0n) is 13.4. The van der Waals surface area contributed by atoms with Crippen LogP contribution in [-0.2, 0) is 0 Å². The Morgan fingerprint density at radius 3 is 2.20 bits per heavy atom. The number of hydrogen-bond donors (Lipinski definition) is 2. The SMILES string of the molecule is CN(C)c1ccc([N+](=O)[O-])cc1C(=O)NNC(=O)c1ccc(Cl)cc1. The van der Waals surface area contributed by atoms with Gasteiger partial charge in [-0.1, -0.05) is 11.6 Å². The first kappa shape index (κ1) is 18.2. The zero-order valence-corrected chi connectivity index (χ0v) is 14.2. The molecule has 2 N–H and O–H groups in total. The number of non-ortho nitro benzene ring substituents is 1. The van der Waals surface area contributed by atoms with Gasteiger partial charge in [0.05, 0.1) is 10.5 Å². The summed E-state index contributed by atoms with van der Waals surface area (Å²) >= 11 is 5.75. The molecule has 0 radical (unpaired) electrons. The van der Waals surface area contributed by atoms with Crippen LogP contribution in [0.25, 0.3) is 0 Å². The van der Waals surface area contributed by atoms with Crippen molar-refractivity contribution in [3.05, 3.63) is 68.7 Å². The van der Waals surface area contributed by atoms with E-state index in [0.29, 0.717) is 16.3 Å². The van der Waals surface area contributed by atoms with Gasteiger partial charge in [-0.15, -0.1) is 0 Å². The lowest BCUT2D eigenvalue weighted by Gasteiger charge is -2.17. The summed E-state index contributed by atoms with van der Waals surface area (Å²) in [5.41, 5.74) is 5.14. The molecule has 0 bridgehead atoms. The maximum Gasteiger partial charge on any atom is 0.272 e. The van der Waals surface area contributed by atoms with Crippen LogP contribution in [0.2, 0.25) is 5.02 Å². The molecular formula is C16H15ClN4O4. The smallest absolute Gasteiger partial charge is 0.272 e. The van der Waals surface area contributed by atoms with Crippen LogP contribution in [0.4, 0.5) is 11.4 Å². The molecule has 2 rings (SSSR count). The van der Waals surface area contributed by atoms with E-state index in [1.54, 1.807) is 31.1 Å². The second kappa shape index (κ2) is 7.63. The van der Waals surface area contributed by atoms with Gasteiger partial charge in [-0.2, -0.15) is 0 Å². The number of rotatable bonds is 4. The molecule has 0 fully saturated rings. The molecule has 8 nitrogen and oxygen atoms in total. The Morgan fingerprint density at radius 1 is 1.04 bits per heavy atom. The van der Waals surface area contributed by atoms with Crippen LogP contribution in [0.15, 0.2) is 42.5 Å². The van der Waals surface area contributed by atoms with E-state index in [9.17, 15) is 19.7 Å². The van der Waals surface area contributed by atoms with Crippen LogP contribution in [-0.4, -0.2) is 30.8 Å². The Hall–Kier alpha value is -3.13. The normalized spacial score (nSPS) is 10.0. The van der Waals surface area contributed by atoms with Crippen LogP contribution in [0, 0.1) is 10.1 Å². The molecular weight excluding hydrogens is 348 g/mol. The molecule has 0 saturated heterocycles. The van der Waals surface area contributed by atoms with Crippen molar-refractivity contribution in [2.75, 3.05) is 19.0 Å². The fourth-order valence-corrected chi connectivity index (χ4v) is 2.19. The lowest BCUT2D eigenvalue weighted by Crippen LogP contribution is -2.42. The number of halogens is 1. The molecule has 0 spiro atoms. The van der Waals surface area contributed by atoms with Crippen LogP contribution >= 0.6 is 11.6 Å². The molecule has 0 unspecified atom stereocenters. The summed E-state index contributed by atoms with van der Waals surface area (Å²) in [7, 11) is 3.40. The van der Waals surface area contributed by atoms with Crippen LogP contribution in [0.1, 0.15) is 20.7 Å². The van der Waals surface area contributed by atoms with Crippen molar-refractivity contribution in [2.24, 2.45) is 0 Å². The van der Waals surface area contributed by atoms with Gasteiger partial charge in [-0.25, -0.2) is 0 Å². The number of carbonyl (C=O) groups excluding carboxylic acids is 2. The third-order valence-corrected chi connectivity index (χ3v) is 3.57. The van der Waals surface area contributed by atoms with Crippen molar-refractivity contribution in [3.8, 4) is 0 Å². The van der Waals surface area contributed by atoms with Crippen LogP contribution < -0.4 is 15.8 Å². The summed E-state index contributed by atoms with van der Waals surface area (Å²) in [4.78, 5) is 36.3. The fourth-order valence-electron chi connectivity index (χ4n) is 2.06. The van der Waals surface area contributed by atoms with E-state index in [1.165, 1.54) is 24.3 Å². The number of anilines is 1. The van der Waals surface area contributed by atoms with Gasteiger partial charge in [0.1, 0.15) is 0 Å². The quantitative estimate of drug-likeness (QED) is 0.641. The zero-order chi connectivity index (χ0) is 18.6. The molecule has 0 atom stereocenters. The minimum absolute atomic E-state index is 0.0654. The van der Waals surface area contributed by atoms with E-state index >= 15 is 0 Å². The van der Waals surface area contributed by atoms with Gasteiger partial charge in [0.2, 0.25) is 0 Å². The molecule has 130 valence electrons. The maximum atomic E-state index is 12.3. The third-order valence-electron chi connectivity index (χ3n) is 3.31. The molecule has 25 heavy (non-hydrogen) atoms. The van der Waals surface area contributed by atoms with Gasteiger partial charge in [-0.3, -0.25) is 30.6 Å². The molecule has 2 aromatic rings. The second-order valence-corrected chi connectivity index (χ2v) is 5.70. The molecule has 2 amide bonds. The van der Waals surface area contributed by atoms with Gasteiger partial charge < -0.3 is 4.90 Å². The van der Waals surface area contributed by atoms with Crippen molar-refractivity contribution in [1.82, 2.24) is 10.9 Å². The minimum Gasteiger partial charge on any atom is -0.377 e. The highest BCUT2D eigenvalue weighted by molar-refractivity contribution is 6.30. The highest BCUT2D eigenvalue weighted by atomic mass is 35.5. The summed E-state index contributed by atoms with van der Waals surface area (Å²) in [5.74, 6) is -1.21. The molecule has 0 heterocycles. The number of carbonyl (C=O) groups is 2.